The van der Waals surface area contributed by atoms with Crippen LogP contribution in [0.3, 0.4) is 0 Å². The van der Waals surface area contributed by atoms with Crippen molar-refractivity contribution in [1.82, 2.24) is 9.79 Å². The summed E-state index contributed by atoms with van der Waals surface area (Å²) in [4.78, 5) is 18.6. The number of carbonyl (C=O) groups is 1. The molecule has 0 aromatic heterocycles. The van der Waals surface area contributed by atoms with Crippen LogP contribution in [-0.4, -0.2) is 88.5 Å². The Morgan fingerprint density at radius 3 is 2.33 bits per heavy atom. The van der Waals surface area contributed by atoms with Crippen LogP contribution < -0.4 is 10.1 Å². The van der Waals surface area contributed by atoms with Crippen molar-refractivity contribution in [2.75, 3.05) is 40.1 Å². The summed E-state index contributed by atoms with van der Waals surface area (Å²) in [5.74, 6) is 0.504. The highest BCUT2D eigenvalue weighted by atomic mass is 32.2. The minimum Gasteiger partial charge on any atom is -0.497 e. The van der Waals surface area contributed by atoms with Crippen LogP contribution in [0.15, 0.2) is 59.5 Å². The third-order valence-electron chi connectivity index (χ3n) is 6.62. The molecule has 12 heteroatoms. The topological polar surface area (TPSA) is 133 Å². The van der Waals surface area contributed by atoms with Crippen LogP contribution in [0, 0.1) is 0 Å². The molecule has 4 rings (SSSR count). The molecule has 11 nitrogen and oxygen atoms in total. The molecular weight excluding hydrogens is 528 g/mol. The largest absolute Gasteiger partial charge is 0.497 e. The van der Waals surface area contributed by atoms with Crippen molar-refractivity contribution in [2.24, 2.45) is 0 Å². The predicted molar refractivity (Wildman–Crippen MR) is 141 cm³/mol. The molecule has 3 atom stereocenters. The first-order chi connectivity index (χ1) is 18.8. The van der Waals surface area contributed by atoms with Crippen molar-refractivity contribution in [2.45, 2.75) is 54.9 Å². The molecule has 1 amide bonds. The number of hydroxylamine groups is 1. The number of amides is 1. The van der Waals surface area contributed by atoms with Crippen LogP contribution in [0.4, 0.5) is 4.79 Å². The van der Waals surface area contributed by atoms with Crippen LogP contribution in [-0.2, 0) is 35.5 Å². The van der Waals surface area contributed by atoms with Gasteiger partial charge in [0.2, 0.25) is 0 Å². The molecule has 2 aromatic rings. The number of alkyl carbamates (subject to hydrolysis) is 1. The maximum Gasteiger partial charge on any atom is 0.407 e. The number of aliphatic hydroxyl groups excluding tert-OH is 1. The first-order valence-electron chi connectivity index (χ1n) is 13.0. The molecule has 2 aliphatic heterocycles. The Hall–Kier alpha value is -2.74. The van der Waals surface area contributed by atoms with Crippen molar-refractivity contribution in [3.05, 3.63) is 60.2 Å². The van der Waals surface area contributed by atoms with Crippen LogP contribution >= 0.6 is 0 Å². The second kappa shape index (κ2) is 14.1. The predicted octanol–water partition coefficient (Wildman–Crippen LogP) is 2.28. The van der Waals surface area contributed by atoms with E-state index in [0.29, 0.717) is 51.4 Å². The van der Waals surface area contributed by atoms with E-state index >= 15 is 0 Å². The fraction of sp³-hybridized carbons (Fsp3) is 0.519. The summed E-state index contributed by atoms with van der Waals surface area (Å²) in [6.07, 6.45) is -0.975. The number of sulfonamides is 1. The molecule has 39 heavy (non-hydrogen) atoms. The lowest BCUT2D eigenvalue weighted by atomic mass is 10.0. The van der Waals surface area contributed by atoms with Gasteiger partial charge in [-0.3, -0.25) is 4.84 Å². The Balaban J connectivity index is 1.55. The molecule has 0 radical (unpaired) electrons. The molecule has 214 valence electrons. The number of hydrogen-bond acceptors (Lipinski definition) is 9. The number of nitrogens with zero attached hydrogens (tertiary/aromatic N) is 1. The Morgan fingerprint density at radius 2 is 1.69 bits per heavy atom. The van der Waals surface area contributed by atoms with E-state index in [0.717, 1.165) is 10.0 Å². The standard InChI is InChI=1S/C27H36N2O9S/c1-34-21-7-9-24(10-8-21)39(32,33)29(38-22-11-14-35-15-12-22)18-26(30)25(17-20-5-3-2-4-6-20)28-27(31)37-23-13-16-36-19-23/h2-10,22-23,25-26,30H,11-19H2,1H3,(H,28,31)/t23-,25-,26-/m0/s1. The molecule has 2 N–H and O–H groups in total. The summed E-state index contributed by atoms with van der Waals surface area (Å²) in [6.45, 7) is 1.29. The summed E-state index contributed by atoms with van der Waals surface area (Å²) in [6, 6.07) is 14.3. The monoisotopic (exact) mass is 564 g/mol. The van der Waals surface area contributed by atoms with E-state index in [2.05, 4.69) is 5.32 Å². The van der Waals surface area contributed by atoms with Gasteiger partial charge in [0.25, 0.3) is 10.0 Å². The molecule has 2 heterocycles. The number of ether oxygens (including phenoxy) is 4. The molecular formula is C27H36N2O9S. The van der Waals surface area contributed by atoms with Crippen LogP contribution in [0.25, 0.3) is 0 Å². The van der Waals surface area contributed by atoms with Gasteiger partial charge in [-0.05, 0) is 49.1 Å². The van der Waals surface area contributed by atoms with E-state index in [1.165, 1.54) is 19.2 Å². The van der Waals surface area contributed by atoms with E-state index in [4.69, 9.17) is 23.8 Å². The maximum absolute atomic E-state index is 13.7. The smallest absolute Gasteiger partial charge is 0.407 e. The zero-order valence-corrected chi connectivity index (χ0v) is 22.8. The molecule has 0 bridgehead atoms. The van der Waals surface area contributed by atoms with Gasteiger partial charge >= 0.3 is 6.09 Å². The maximum atomic E-state index is 13.7. The Morgan fingerprint density at radius 1 is 1.03 bits per heavy atom. The number of rotatable bonds is 12. The van der Waals surface area contributed by atoms with E-state index in [9.17, 15) is 18.3 Å². The minimum absolute atomic E-state index is 0.0178. The molecule has 0 saturated carbocycles. The van der Waals surface area contributed by atoms with Gasteiger partial charge < -0.3 is 29.4 Å². The minimum atomic E-state index is -4.18. The highest BCUT2D eigenvalue weighted by Crippen LogP contribution is 2.24. The van der Waals surface area contributed by atoms with Gasteiger partial charge in [0, 0.05) is 19.6 Å². The fourth-order valence-electron chi connectivity index (χ4n) is 4.38. The van der Waals surface area contributed by atoms with Crippen LogP contribution in [0.1, 0.15) is 24.8 Å². The first kappa shape index (κ1) is 29.2. The van der Waals surface area contributed by atoms with Crippen molar-refractivity contribution < 1.29 is 42.1 Å². The number of methoxy groups -OCH3 is 1. The number of carbonyl (C=O) groups excluding carboxylic acids is 1. The summed E-state index contributed by atoms with van der Waals surface area (Å²) in [5.41, 5.74) is 0.848. The quantitative estimate of drug-likeness (QED) is 0.373. The first-order valence-corrected chi connectivity index (χ1v) is 14.5. The third kappa shape index (κ3) is 8.37. The second-order valence-corrected chi connectivity index (χ2v) is 11.3. The lowest BCUT2D eigenvalue weighted by Crippen LogP contribution is -2.51. The SMILES string of the molecule is COc1ccc(S(=O)(=O)N(C[C@H](O)[C@H](Cc2ccccc2)NC(=O)O[C@H]2CCOC2)OC2CCOCC2)cc1. The van der Waals surface area contributed by atoms with Crippen LogP contribution in [0.2, 0.25) is 0 Å². The average Bonchev–Trinajstić information content (AvgIpc) is 3.46. The summed E-state index contributed by atoms with van der Waals surface area (Å²) < 4.78 is 49.4. The van der Waals surface area contributed by atoms with Gasteiger partial charge in [0.15, 0.2) is 0 Å². The Kier molecular flexibility index (Phi) is 10.5. The number of hydrogen-bond donors (Lipinski definition) is 2. The van der Waals surface area contributed by atoms with Crippen molar-refractivity contribution >= 4 is 16.1 Å². The second-order valence-electron chi connectivity index (χ2n) is 9.48. The van der Waals surface area contributed by atoms with Gasteiger partial charge in [0.05, 0.1) is 50.0 Å². The van der Waals surface area contributed by atoms with Crippen LogP contribution in [0.5, 0.6) is 5.75 Å². The Bertz CT molecular complexity index is 1140. The lowest BCUT2D eigenvalue weighted by Gasteiger charge is -2.32. The van der Waals surface area contributed by atoms with Crippen molar-refractivity contribution in [1.29, 1.82) is 0 Å². The summed E-state index contributed by atoms with van der Waals surface area (Å²) in [5, 5.41) is 14.1. The van der Waals surface area contributed by atoms with E-state index < -0.39 is 40.9 Å². The molecule has 2 aliphatic rings. The summed E-state index contributed by atoms with van der Waals surface area (Å²) in [7, 11) is -2.69. The van der Waals surface area contributed by atoms with Gasteiger partial charge in [0.1, 0.15) is 11.9 Å². The lowest BCUT2D eigenvalue weighted by molar-refractivity contribution is -0.170. The zero-order chi connectivity index (χ0) is 27.7. The van der Waals surface area contributed by atoms with Crippen molar-refractivity contribution in [3.8, 4) is 5.75 Å². The molecule has 2 saturated heterocycles. The highest BCUT2D eigenvalue weighted by Gasteiger charge is 2.34. The molecule has 0 unspecified atom stereocenters. The normalized spacial score (nSPS) is 19.9. The average molecular weight is 565 g/mol. The molecule has 0 aliphatic carbocycles. The number of benzene rings is 2. The third-order valence-corrected chi connectivity index (χ3v) is 8.26. The molecule has 0 spiro atoms. The van der Waals surface area contributed by atoms with Gasteiger partial charge in [-0.25, -0.2) is 13.2 Å². The highest BCUT2D eigenvalue weighted by molar-refractivity contribution is 7.89. The Labute approximate surface area is 228 Å². The van der Waals surface area contributed by atoms with Gasteiger partial charge in [-0.15, -0.1) is 0 Å². The van der Waals surface area contributed by atoms with E-state index in [-0.39, 0.29) is 17.4 Å². The summed E-state index contributed by atoms with van der Waals surface area (Å²) >= 11 is 0. The van der Waals surface area contributed by atoms with Gasteiger partial charge in [-0.1, -0.05) is 34.8 Å². The van der Waals surface area contributed by atoms with Gasteiger partial charge in [-0.2, -0.15) is 0 Å². The number of aliphatic hydroxyl groups is 1. The van der Waals surface area contributed by atoms with Crippen molar-refractivity contribution in [3.63, 3.8) is 0 Å². The zero-order valence-electron chi connectivity index (χ0n) is 21.9. The van der Waals surface area contributed by atoms with E-state index in [1.807, 2.05) is 30.3 Å². The molecule has 2 fully saturated rings. The van der Waals surface area contributed by atoms with E-state index in [1.54, 1.807) is 12.1 Å². The number of nitrogens with one attached hydrogen (secondary N) is 1. The molecule has 2 aromatic carbocycles. The fourth-order valence-corrected chi connectivity index (χ4v) is 5.68.